The minimum atomic E-state index is -1.24. The molecule has 0 bridgehead atoms. The number of fused-ring (bicyclic) bond motifs is 4. The van der Waals surface area contributed by atoms with Gasteiger partial charge in [-0.2, -0.15) is 0 Å². The van der Waals surface area contributed by atoms with Gasteiger partial charge < -0.3 is 15.2 Å². The summed E-state index contributed by atoms with van der Waals surface area (Å²) in [6, 6.07) is 5.10. The van der Waals surface area contributed by atoms with E-state index in [0.29, 0.717) is 33.9 Å². The third kappa shape index (κ3) is 3.23. The first-order valence-corrected chi connectivity index (χ1v) is 10.0. The number of aliphatic imine (C=N–C) groups is 1. The second-order valence-electron chi connectivity index (χ2n) is 8.71. The fourth-order valence-electron chi connectivity index (χ4n) is 3.78. The Kier molecular flexibility index (Phi) is 4.38. The second kappa shape index (κ2) is 7.02. The summed E-state index contributed by atoms with van der Waals surface area (Å²) >= 11 is 0. The summed E-state index contributed by atoms with van der Waals surface area (Å²) in [4.78, 5) is 17.0. The van der Waals surface area contributed by atoms with Gasteiger partial charge in [-0.05, 0) is 39.0 Å². The summed E-state index contributed by atoms with van der Waals surface area (Å²) in [5, 5.41) is 0. The molecule has 0 aliphatic carbocycles. The van der Waals surface area contributed by atoms with Crippen LogP contribution in [0.15, 0.2) is 48.1 Å². The zero-order chi connectivity index (χ0) is 22.5. The predicted molar refractivity (Wildman–Crippen MR) is 116 cm³/mol. The first-order chi connectivity index (χ1) is 15.3. The molecule has 0 unspecified atom stereocenters. The quantitative estimate of drug-likeness (QED) is 0.592. The number of benzene rings is 1. The van der Waals surface area contributed by atoms with Gasteiger partial charge in [0.2, 0.25) is 5.88 Å². The maximum Gasteiger partial charge on any atom is 0.283 e. The number of hydrogen-bond donors (Lipinski definition) is 1. The van der Waals surface area contributed by atoms with Crippen molar-refractivity contribution in [1.29, 1.82) is 0 Å². The van der Waals surface area contributed by atoms with Gasteiger partial charge in [-0.15, -0.1) is 0 Å². The number of aromatic nitrogens is 3. The van der Waals surface area contributed by atoms with E-state index in [1.165, 1.54) is 6.33 Å². The normalized spacial score (nSPS) is 18.6. The maximum absolute atomic E-state index is 16.0. The Labute approximate surface area is 184 Å². The first kappa shape index (κ1) is 19.9. The van der Waals surface area contributed by atoms with Crippen molar-refractivity contribution in [3.05, 3.63) is 65.6 Å². The highest BCUT2D eigenvalue weighted by Gasteiger charge is 2.50. The third-order valence-electron chi connectivity index (χ3n) is 5.20. The molecule has 0 amide bonds. The highest BCUT2D eigenvalue weighted by Crippen LogP contribution is 2.52. The molecular weight excluding hydrogens is 409 g/mol. The van der Waals surface area contributed by atoms with Crippen molar-refractivity contribution >= 4 is 6.02 Å². The van der Waals surface area contributed by atoms with Gasteiger partial charge >= 0.3 is 0 Å². The van der Waals surface area contributed by atoms with E-state index in [-0.39, 0.29) is 23.6 Å². The summed E-state index contributed by atoms with van der Waals surface area (Å²) in [5.74, 6) is 6.43. The lowest BCUT2D eigenvalue weighted by molar-refractivity contribution is 0.257. The summed E-state index contributed by atoms with van der Waals surface area (Å²) in [5.41, 5.74) is 6.78. The van der Waals surface area contributed by atoms with E-state index in [9.17, 15) is 0 Å². The van der Waals surface area contributed by atoms with Crippen LogP contribution in [0.25, 0.3) is 11.1 Å². The van der Waals surface area contributed by atoms with Crippen molar-refractivity contribution in [2.75, 3.05) is 6.61 Å². The van der Waals surface area contributed by atoms with Crippen LogP contribution in [0.3, 0.4) is 0 Å². The van der Waals surface area contributed by atoms with Crippen molar-refractivity contribution in [3.63, 3.8) is 0 Å². The Bertz CT molecular complexity index is 1320. The van der Waals surface area contributed by atoms with Gasteiger partial charge in [0.25, 0.3) is 6.02 Å². The number of nitrogens with two attached hydrogens (primary N) is 1. The number of pyridine rings is 1. The SMILES string of the molecule is CC(C)(C)C#Cc1cnc2c(c1)[C@]1(COC(N)=N1)c1c(ccc(-c3cncnc3)c1F)O2. The van der Waals surface area contributed by atoms with Gasteiger partial charge in [0.05, 0.1) is 11.1 Å². The van der Waals surface area contributed by atoms with E-state index < -0.39 is 11.4 Å². The van der Waals surface area contributed by atoms with Crippen LogP contribution in [0, 0.1) is 23.1 Å². The Morgan fingerprint density at radius 1 is 1.16 bits per heavy atom. The lowest BCUT2D eigenvalue weighted by atomic mass is 9.80. The molecule has 0 saturated heterocycles. The fraction of sp³-hybridized carbons (Fsp3) is 0.250. The zero-order valence-corrected chi connectivity index (χ0v) is 17.8. The number of amidine groups is 1. The number of hydrogen-bond acceptors (Lipinski definition) is 7. The second-order valence-corrected chi connectivity index (χ2v) is 8.71. The number of rotatable bonds is 1. The van der Waals surface area contributed by atoms with E-state index in [2.05, 4.69) is 31.8 Å². The zero-order valence-electron chi connectivity index (χ0n) is 17.8. The minimum absolute atomic E-state index is 0.0195. The predicted octanol–water partition coefficient (Wildman–Crippen LogP) is 3.77. The van der Waals surface area contributed by atoms with Crippen molar-refractivity contribution in [1.82, 2.24) is 15.0 Å². The molecule has 1 spiro atoms. The Morgan fingerprint density at radius 3 is 2.62 bits per heavy atom. The Hall–Kier alpha value is -3.99. The Balaban J connectivity index is 1.73. The van der Waals surface area contributed by atoms with Crippen LogP contribution in [0.5, 0.6) is 11.6 Å². The number of halogens is 1. The monoisotopic (exact) mass is 429 g/mol. The van der Waals surface area contributed by atoms with Crippen LogP contribution in [-0.4, -0.2) is 27.6 Å². The Morgan fingerprint density at radius 2 is 1.94 bits per heavy atom. The van der Waals surface area contributed by atoms with E-state index >= 15 is 4.39 Å². The average molecular weight is 429 g/mol. The summed E-state index contributed by atoms with van der Waals surface area (Å²) in [7, 11) is 0. The highest BCUT2D eigenvalue weighted by molar-refractivity contribution is 5.78. The molecule has 7 nitrogen and oxygen atoms in total. The molecule has 1 aromatic carbocycles. The molecule has 1 atom stereocenters. The lowest BCUT2D eigenvalue weighted by Crippen LogP contribution is -2.33. The van der Waals surface area contributed by atoms with Gasteiger partial charge in [-0.3, -0.25) is 0 Å². The molecule has 0 fully saturated rings. The molecule has 160 valence electrons. The van der Waals surface area contributed by atoms with Gasteiger partial charge in [0, 0.05) is 40.7 Å². The standard InChI is InChI=1S/C24H20FN5O2/c1-23(2,3)7-6-14-8-17-21(29-9-14)32-18-5-4-16(15-10-27-13-28-11-15)20(25)19(18)24(17)12-31-22(26)30-24/h4-5,8-11,13H,12H2,1-3H3,(H2,26,30)/t24-/m1/s1. The van der Waals surface area contributed by atoms with Crippen molar-refractivity contribution in [3.8, 4) is 34.6 Å². The van der Waals surface area contributed by atoms with Gasteiger partial charge in [0.1, 0.15) is 24.5 Å². The van der Waals surface area contributed by atoms with Gasteiger partial charge in [-0.1, -0.05) is 11.8 Å². The molecule has 2 aliphatic rings. The number of ether oxygens (including phenoxy) is 2. The molecule has 32 heavy (non-hydrogen) atoms. The van der Waals surface area contributed by atoms with Gasteiger partial charge in [0.15, 0.2) is 5.54 Å². The molecule has 3 aromatic rings. The van der Waals surface area contributed by atoms with Crippen LogP contribution in [0.4, 0.5) is 4.39 Å². The van der Waals surface area contributed by atoms with Crippen molar-refractivity contribution in [2.24, 2.45) is 16.1 Å². The van der Waals surface area contributed by atoms with Crippen LogP contribution >= 0.6 is 0 Å². The topological polar surface area (TPSA) is 95.5 Å². The average Bonchev–Trinajstić information content (AvgIpc) is 3.14. The van der Waals surface area contributed by atoms with E-state index in [1.807, 2.05) is 26.8 Å². The molecule has 2 aliphatic heterocycles. The summed E-state index contributed by atoms with van der Waals surface area (Å²) in [6.45, 7) is 6.08. The molecule has 8 heteroatoms. The van der Waals surface area contributed by atoms with Gasteiger partial charge in [-0.25, -0.2) is 24.3 Å². The van der Waals surface area contributed by atoms with Crippen LogP contribution < -0.4 is 10.5 Å². The molecular formula is C24H20FN5O2. The molecule has 5 rings (SSSR count). The molecule has 2 N–H and O–H groups in total. The molecule has 4 heterocycles. The third-order valence-corrected chi connectivity index (χ3v) is 5.20. The van der Waals surface area contributed by atoms with Crippen molar-refractivity contribution < 1.29 is 13.9 Å². The molecule has 0 radical (unpaired) electrons. The van der Waals surface area contributed by atoms with Crippen LogP contribution in [0.1, 0.15) is 37.5 Å². The van der Waals surface area contributed by atoms with Crippen LogP contribution in [0.2, 0.25) is 0 Å². The molecule has 2 aromatic heterocycles. The lowest BCUT2D eigenvalue weighted by Gasteiger charge is -2.33. The smallest absolute Gasteiger partial charge is 0.283 e. The van der Waals surface area contributed by atoms with E-state index in [1.54, 1.807) is 30.7 Å². The van der Waals surface area contributed by atoms with Crippen LogP contribution in [-0.2, 0) is 10.3 Å². The minimum Gasteiger partial charge on any atom is -0.462 e. The first-order valence-electron chi connectivity index (χ1n) is 10.0. The van der Waals surface area contributed by atoms with E-state index in [4.69, 9.17) is 15.2 Å². The summed E-state index contributed by atoms with van der Waals surface area (Å²) in [6.07, 6.45) is 6.12. The fourth-order valence-corrected chi connectivity index (χ4v) is 3.78. The van der Waals surface area contributed by atoms with Crippen molar-refractivity contribution in [2.45, 2.75) is 26.3 Å². The summed E-state index contributed by atoms with van der Waals surface area (Å²) < 4.78 is 27.5. The highest BCUT2D eigenvalue weighted by atomic mass is 19.1. The largest absolute Gasteiger partial charge is 0.462 e. The maximum atomic E-state index is 16.0. The number of nitrogens with zero attached hydrogens (tertiary/aromatic N) is 4. The molecule has 0 saturated carbocycles. The van der Waals surface area contributed by atoms with E-state index in [0.717, 1.165) is 0 Å².